The van der Waals surface area contributed by atoms with Crippen LogP contribution in [0.4, 0.5) is 5.69 Å². The van der Waals surface area contributed by atoms with E-state index in [1.165, 1.54) is 0 Å². The molecule has 0 unspecified atom stereocenters. The quantitative estimate of drug-likeness (QED) is 0.732. The summed E-state index contributed by atoms with van der Waals surface area (Å²) in [5.41, 5.74) is 8.05. The predicted octanol–water partition coefficient (Wildman–Crippen LogP) is 2.36. The molecule has 0 spiro atoms. The minimum atomic E-state index is 0.532. The number of benzene rings is 1. The molecule has 0 amide bonds. The molecule has 1 aromatic carbocycles. The molecule has 1 N–H and O–H groups in total. The second kappa shape index (κ2) is 6.14. The highest BCUT2D eigenvalue weighted by Crippen LogP contribution is 2.17. The molecule has 2 aromatic heterocycles. The van der Waals surface area contributed by atoms with Gasteiger partial charge in [-0.15, -0.1) is 10.2 Å². The van der Waals surface area contributed by atoms with Gasteiger partial charge in [0, 0.05) is 11.4 Å². The number of aromatic nitrogens is 4. The van der Waals surface area contributed by atoms with Crippen LogP contribution in [0.15, 0.2) is 52.7 Å². The lowest BCUT2D eigenvalue weighted by Gasteiger charge is -2.29. The molecule has 1 aliphatic rings. The second-order valence-electron chi connectivity index (χ2n) is 6.28. The van der Waals surface area contributed by atoms with Crippen LogP contribution < -0.4 is 10.4 Å². The van der Waals surface area contributed by atoms with Gasteiger partial charge in [-0.2, -0.15) is 10.2 Å². The van der Waals surface area contributed by atoms with Crippen LogP contribution in [-0.2, 0) is 0 Å². The molecule has 0 atom stereocenters. The first-order chi connectivity index (χ1) is 12.5. The first-order valence-electron chi connectivity index (χ1n) is 8.38. The second-order valence-corrected chi connectivity index (χ2v) is 6.28. The number of para-hydroxylation sites is 1. The Balaban J connectivity index is 1.83. The molecule has 0 fully saturated rings. The van der Waals surface area contributed by atoms with E-state index in [1.807, 2.05) is 75.2 Å². The molecule has 26 heavy (non-hydrogen) atoms. The van der Waals surface area contributed by atoms with E-state index in [0.717, 1.165) is 28.5 Å². The van der Waals surface area contributed by atoms with Crippen molar-refractivity contribution in [3.63, 3.8) is 0 Å². The first kappa shape index (κ1) is 16.1. The number of anilines is 1. The largest absolute Gasteiger partial charge is 0.270 e. The molecule has 3 aromatic rings. The van der Waals surface area contributed by atoms with Crippen molar-refractivity contribution in [2.24, 2.45) is 10.2 Å². The van der Waals surface area contributed by atoms with Crippen LogP contribution in [0.5, 0.6) is 0 Å². The summed E-state index contributed by atoms with van der Waals surface area (Å²) in [5, 5.41) is 19.7. The van der Waals surface area contributed by atoms with Gasteiger partial charge < -0.3 is 0 Å². The minimum absolute atomic E-state index is 0.532. The Hall–Kier alpha value is -3.42. The lowest BCUT2D eigenvalue weighted by molar-refractivity contribution is 0.745. The van der Waals surface area contributed by atoms with E-state index in [9.17, 15) is 0 Å². The van der Waals surface area contributed by atoms with Crippen molar-refractivity contribution in [3.05, 3.63) is 65.2 Å². The summed E-state index contributed by atoms with van der Waals surface area (Å²) in [4.78, 5) is 0. The normalized spacial score (nSPS) is 14.1. The van der Waals surface area contributed by atoms with Crippen molar-refractivity contribution in [1.82, 2.24) is 25.0 Å². The molecule has 0 saturated heterocycles. The molecule has 0 saturated carbocycles. The molecule has 3 heterocycles. The topological polar surface area (TPSA) is 75.6 Å². The maximum atomic E-state index is 4.54. The first-order valence-corrected chi connectivity index (χ1v) is 8.38. The van der Waals surface area contributed by atoms with Crippen molar-refractivity contribution in [2.75, 3.05) is 5.01 Å². The monoisotopic (exact) mass is 348 g/mol. The molecule has 0 bridgehead atoms. The van der Waals surface area contributed by atoms with Crippen LogP contribution >= 0.6 is 0 Å². The van der Waals surface area contributed by atoms with Crippen molar-refractivity contribution in [3.8, 4) is 0 Å². The number of aryl methyl sites for hydroxylation is 4. The number of hydrogen-bond acceptors (Lipinski definition) is 6. The Bertz CT molecular complexity index is 1010. The van der Waals surface area contributed by atoms with Crippen LogP contribution in [0.3, 0.4) is 0 Å². The third-order valence-corrected chi connectivity index (χ3v) is 4.07. The van der Waals surface area contributed by atoms with Gasteiger partial charge >= 0.3 is 0 Å². The maximum Gasteiger partial charge on any atom is 0.270 e. The van der Waals surface area contributed by atoms with Gasteiger partial charge in [-0.05, 0) is 52.0 Å². The number of rotatable bonds is 1. The molecule has 0 aliphatic carbocycles. The smallest absolute Gasteiger partial charge is 0.257 e. The SMILES string of the molecule is Cc1cc(C)n(C2=NN=C(n3nc(C)cc3C)N(c3ccccc3)N2)n1. The summed E-state index contributed by atoms with van der Waals surface area (Å²) in [7, 11) is 0. The average molecular weight is 348 g/mol. The Morgan fingerprint density at radius 3 is 1.96 bits per heavy atom. The fourth-order valence-electron chi connectivity index (χ4n) is 2.97. The van der Waals surface area contributed by atoms with Gasteiger partial charge in [0.25, 0.3) is 11.9 Å². The fraction of sp³-hybridized carbons (Fsp3) is 0.222. The Kier molecular flexibility index (Phi) is 3.80. The van der Waals surface area contributed by atoms with E-state index in [-0.39, 0.29) is 0 Å². The zero-order valence-corrected chi connectivity index (χ0v) is 15.2. The molecular formula is C18H20N8. The average Bonchev–Trinajstić information content (AvgIpc) is 3.15. The van der Waals surface area contributed by atoms with Crippen LogP contribution in [-0.4, -0.2) is 31.5 Å². The summed E-state index contributed by atoms with van der Waals surface area (Å²) < 4.78 is 3.52. The molecular weight excluding hydrogens is 328 g/mol. The minimum Gasteiger partial charge on any atom is -0.257 e. The van der Waals surface area contributed by atoms with Gasteiger partial charge in [-0.1, -0.05) is 18.2 Å². The van der Waals surface area contributed by atoms with Crippen molar-refractivity contribution in [2.45, 2.75) is 27.7 Å². The zero-order valence-electron chi connectivity index (χ0n) is 15.2. The van der Waals surface area contributed by atoms with Crippen LogP contribution in [0, 0.1) is 27.7 Å². The van der Waals surface area contributed by atoms with Gasteiger partial charge in [0.1, 0.15) is 0 Å². The molecule has 8 heteroatoms. The van der Waals surface area contributed by atoms with Crippen LogP contribution in [0.1, 0.15) is 22.8 Å². The third kappa shape index (κ3) is 2.75. The van der Waals surface area contributed by atoms with Crippen LogP contribution in [0.25, 0.3) is 0 Å². The maximum absolute atomic E-state index is 4.54. The van der Waals surface area contributed by atoms with Crippen molar-refractivity contribution < 1.29 is 0 Å². The van der Waals surface area contributed by atoms with Gasteiger partial charge in [-0.3, -0.25) is 5.43 Å². The van der Waals surface area contributed by atoms with E-state index < -0.39 is 0 Å². The summed E-state index contributed by atoms with van der Waals surface area (Å²) in [5.74, 6) is 1.11. The Morgan fingerprint density at radius 2 is 1.38 bits per heavy atom. The highest BCUT2D eigenvalue weighted by atomic mass is 15.7. The zero-order chi connectivity index (χ0) is 18.3. The summed E-state index contributed by atoms with van der Waals surface area (Å²) in [6.07, 6.45) is 0. The standard InChI is InChI=1S/C18H20N8/c1-12-10-14(3)24(21-12)17-19-20-18(25-15(4)11-13(2)22-25)26(23-17)16-8-6-5-7-9-16/h5-11H,1-4H3,(H,19,23). The van der Waals surface area contributed by atoms with E-state index in [4.69, 9.17) is 0 Å². The highest BCUT2D eigenvalue weighted by Gasteiger charge is 2.25. The molecule has 0 radical (unpaired) electrons. The molecule has 4 rings (SSSR count). The van der Waals surface area contributed by atoms with Gasteiger partial charge in [0.15, 0.2) is 0 Å². The molecule has 1 aliphatic heterocycles. The molecule has 8 nitrogen and oxygen atoms in total. The number of nitrogens with one attached hydrogen (secondary N) is 1. The van der Waals surface area contributed by atoms with Crippen molar-refractivity contribution in [1.29, 1.82) is 0 Å². The molecule has 132 valence electrons. The number of hydrogen-bond donors (Lipinski definition) is 1. The van der Waals surface area contributed by atoms with Gasteiger partial charge in [-0.25, -0.2) is 14.4 Å². The lowest BCUT2D eigenvalue weighted by atomic mass is 10.3. The van der Waals surface area contributed by atoms with E-state index >= 15 is 0 Å². The van der Waals surface area contributed by atoms with Crippen molar-refractivity contribution >= 4 is 17.6 Å². The Labute approximate surface area is 151 Å². The Morgan fingerprint density at radius 1 is 0.769 bits per heavy atom. The number of hydrazine groups is 1. The lowest BCUT2D eigenvalue weighted by Crippen LogP contribution is -2.54. The van der Waals surface area contributed by atoms with Gasteiger partial charge in [0.2, 0.25) is 0 Å². The predicted molar refractivity (Wildman–Crippen MR) is 101 cm³/mol. The van der Waals surface area contributed by atoms with Gasteiger partial charge in [0.05, 0.1) is 17.1 Å². The van der Waals surface area contributed by atoms with E-state index in [1.54, 1.807) is 9.36 Å². The van der Waals surface area contributed by atoms with Crippen LogP contribution in [0.2, 0.25) is 0 Å². The summed E-state index contributed by atoms with van der Waals surface area (Å²) in [6.45, 7) is 7.88. The number of nitrogens with zero attached hydrogens (tertiary/aromatic N) is 7. The highest BCUT2D eigenvalue weighted by molar-refractivity contribution is 6.02. The third-order valence-electron chi connectivity index (χ3n) is 4.07. The summed E-state index contributed by atoms with van der Waals surface area (Å²) in [6, 6.07) is 13.9. The van der Waals surface area contributed by atoms with E-state index in [0.29, 0.717) is 11.9 Å². The fourth-order valence-corrected chi connectivity index (χ4v) is 2.97. The van der Waals surface area contributed by atoms with E-state index in [2.05, 4.69) is 25.8 Å². The summed E-state index contributed by atoms with van der Waals surface area (Å²) >= 11 is 0.